The average Bonchev–Trinajstić information content (AvgIpc) is 3.09. The van der Waals surface area contributed by atoms with Gasteiger partial charge in [-0.05, 0) is 32.1 Å². The summed E-state index contributed by atoms with van der Waals surface area (Å²) in [5.74, 6) is -2.01. The Morgan fingerprint density at radius 1 is 0.686 bits per heavy atom. The van der Waals surface area contributed by atoms with Crippen LogP contribution in [0.15, 0.2) is 36.5 Å². The maximum absolute atomic E-state index is 12.7. The third-order valence-electron chi connectivity index (χ3n) is 8.55. The molecule has 0 aromatic carbocycles. The lowest BCUT2D eigenvalue weighted by Crippen LogP contribution is -2.60. The van der Waals surface area contributed by atoms with Crippen molar-refractivity contribution in [3.8, 4) is 0 Å². The fraction of sp³-hybridized carbons (Fsp3) is 0.789. The van der Waals surface area contributed by atoms with Crippen molar-refractivity contribution in [1.29, 1.82) is 0 Å². The van der Waals surface area contributed by atoms with E-state index in [1.54, 1.807) is 0 Å². The van der Waals surface area contributed by atoms with Gasteiger partial charge in [0.2, 0.25) is 0 Å². The fourth-order valence-electron chi connectivity index (χ4n) is 5.56. The summed E-state index contributed by atoms with van der Waals surface area (Å²) >= 11 is 0. The molecule has 296 valence electrons. The first kappa shape index (κ1) is 46.9. The molecular weight excluding hydrogens is 680 g/mol. The highest BCUT2D eigenvalue weighted by molar-refractivity contribution is 7.85. The number of carbonyl (C=O) groups excluding carboxylic acids is 2. The van der Waals surface area contributed by atoms with Crippen LogP contribution in [0.3, 0.4) is 0 Å². The zero-order valence-electron chi connectivity index (χ0n) is 30.9. The Bertz CT molecular complexity index is 1110. The molecule has 4 N–H and O–H groups in total. The third kappa shape index (κ3) is 24.7. The molecule has 0 radical (unpaired) electrons. The van der Waals surface area contributed by atoms with Gasteiger partial charge in [-0.2, -0.15) is 8.42 Å². The number of carbonyl (C=O) groups is 2. The maximum Gasteiger partial charge on any atom is 0.306 e. The molecule has 1 fully saturated rings. The molecule has 1 aliphatic rings. The molecule has 0 aromatic heterocycles. The van der Waals surface area contributed by atoms with Crippen molar-refractivity contribution in [1.82, 2.24) is 0 Å². The Balaban J connectivity index is 2.55. The lowest BCUT2D eigenvalue weighted by molar-refractivity contribution is -0.297. The SMILES string of the molecule is CC/C=C/C=C/C=C/CCCCCCCC(=O)OC(COC(=O)CCCCCCCCCCCC)CO[C@H]1O[C@H](CS(=O)(=O)O)[C@@H](O)C(O)C1O. The number of unbranched alkanes of at least 4 members (excludes halogenated alkanes) is 14. The first-order valence-electron chi connectivity index (χ1n) is 19.1. The Kier molecular flexibility index (Phi) is 27.0. The summed E-state index contributed by atoms with van der Waals surface area (Å²) in [6.07, 6.45) is 20.7. The van der Waals surface area contributed by atoms with Gasteiger partial charge in [0.15, 0.2) is 12.4 Å². The van der Waals surface area contributed by atoms with Crippen molar-refractivity contribution in [2.24, 2.45) is 0 Å². The van der Waals surface area contributed by atoms with Gasteiger partial charge in [0.25, 0.3) is 10.1 Å². The fourth-order valence-corrected chi connectivity index (χ4v) is 6.25. The van der Waals surface area contributed by atoms with Gasteiger partial charge < -0.3 is 34.3 Å². The van der Waals surface area contributed by atoms with Crippen LogP contribution >= 0.6 is 0 Å². The van der Waals surface area contributed by atoms with Crippen molar-refractivity contribution in [2.75, 3.05) is 19.0 Å². The number of esters is 2. The number of rotatable bonds is 30. The summed E-state index contributed by atoms with van der Waals surface area (Å²) in [6.45, 7) is 3.56. The van der Waals surface area contributed by atoms with Crippen LogP contribution in [-0.4, -0.2) is 96.0 Å². The number of allylic oxidation sites excluding steroid dienone is 6. The van der Waals surface area contributed by atoms with Crippen molar-refractivity contribution in [3.63, 3.8) is 0 Å². The molecule has 1 aliphatic heterocycles. The van der Waals surface area contributed by atoms with Gasteiger partial charge in [-0.15, -0.1) is 0 Å². The zero-order chi connectivity index (χ0) is 37.7. The molecule has 12 nitrogen and oxygen atoms in total. The second-order valence-corrected chi connectivity index (χ2v) is 14.8. The van der Waals surface area contributed by atoms with E-state index in [0.29, 0.717) is 12.8 Å². The Labute approximate surface area is 306 Å². The quantitative estimate of drug-likeness (QED) is 0.0280. The molecule has 0 spiro atoms. The van der Waals surface area contributed by atoms with Crippen LogP contribution in [0.5, 0.6) is 0 Å². The third-order valence-corrected chi connectivity index (χ3v) is 9.30. The molecule has 6 atom stereocenters. The van der Waals surface area contributed by atoms with Crippen molar-refractivity contribution in [2.45, 2.75) is 173 Å². The van der Waals surface area contributed by atoms with Crippen LogP contribution in [0.4, 0.5) is 0 Å². The topological polar surface area (TPSA) is 186 Å². The number of hydrogen-bond acceptors (Lipinski definition) is 11. The van der Waals surface area contributed by atoms with Gasteiger partial charge in [0.05, 0.1) is 6.61 Å². The van der Waals surface area contributed by atoms with E-state index in [4.69, 9.17) is 18.9 Å². The van der Waals surface area contributed by atoms with Gasteiger partial charge in [-0.25, -0.2) is 0 Å². The number of hydrogen-bond donors (Lipinski definition) is 4. The van der Waals surface area contributed by atoms with E-state index >= 15 is 0 Å². The molecule has 0 saturated carbocycles. The first-order valence-corrected chi connectivity index (χ1v) is 20.7. The normalized spacial score (nSPS) is 21.9. The number of aliphatic hydroxyl groups is 3. The molecule has 1 heterocycles. The molecular formula is C38H66O12S. The average molecular weight is 747 g/mol. The molecule has 1 saturated heterocycles. The minimum absolute atomic E-state index is 0.142. The highest BCUT2D eigenvalue weighted by Crippen LogP contribution is 2.24. The van der Waals surface area contributed by atoms with Gasteiger partial charge in [0.1, 0.15) is 36.8 Å². The van der Waals surface area contributed by atoms with Gasteiger partial charge in [-0.1, -0.05) is 127 Å². The van der Waals surface area contributed by atoms with Crippen LogP contribution in [0, 0.1) is 0 Å². The summed E-state index contributed by atoms with van der Waals surface area (Å²) in [5, 5.41) is 30.7. The summed E-state index contributed by atoms with van der Waals surface area (Å²) in [4.78, 5) is 25.2. The molecule has 13 heteroatoms. The molecule has 0 bridgehead atoms. The van der Waals surface area contributed by atoms with Crippen LogP contribution in [-0.2, 0) is 38.7 Å². The van der Waals surface area contributed by atoms with Gasteiger partial charge in [-0.3, -0.25) is 14.1 Å². The van der Waals surface area contributed by atoms with Crippen LogP contribution in [0.2, 0.25) is 0 Å². The number of aliphatic hydroxyl groups excluding tert-OH is 3. The summed E-state index contributed by atoms with van der Waals surface area (Å²) in [7, 11) is -4.60. The molecule has 3 unspecified atom stereocenters. The van der Waals surface area contributed by atoms with Crippen LogP contribution in [0.1, 0.15) is 136 Å². The van der Waals surface area contributed by atoms with Crippen LogP contribution in [0.25, 0.3) is 0 Å². The van der Waals surface area contributed by atoms with E-state index in [1.165, 1.54) is 38.5 Å². The largest absolute Gasteiger partial charge is 0.462 e. The van der Waals surface area contributed by atoms with Crippen molar-refractivity contribution >= 4 is 22.1 Å². The van der Waals surface area contributed by atoms with Crippen LogP contribution < -0.4 is 0 Å². The Morgan fingerprint density at radius 2 is 1.24 bits per heavy atom. The highest BCUT2D eigenvalue weighted by Gasteiger charge is 2.46. The summed E-state index contributed by atoms with van der Waals surface area (Å²) < 4.78 is 53.7. The summed E-state index contributed by atoms with van der Waals surface area (Å²) in [5.41, 5.74) is 0. The first-order chi connectivity index (χ1) is 24.5. The minimum atomic E-state index is -4.60. The molecule has 0 amide bonds. The maximum atomic E-state index is 12.7. The van der Waals surface area contributed by atoms with E-state index in [2.05, 4.69) is 26.0 Å². The van der Waals surface area contributed by atoms with E-state index in [-0.39, 0.29) is 19.4 Å². The van der Waals surface area contributed by atoms with Gasteiger partial charge in [0, 0.05) is 12.8 Å². The monoisotopic (exact) mass is 746 g/mol. The standard InChI is InChI=1S/C38H66O12S/c1-3-5-7-9-11-13-15-16-17-19-21-23-25-27-34(40)49-31(28-47-33(39)26-24-22-20-18-14-12-10-8-6-4-2)29-48-38-37(43)36(42)35(41)32(50-38)30-51(44,45)46/h5,7,9,11,13,15,31-32,35-38,41-43H,3-4,6,8,10,12,14,16-30H2,1-2H3,(H,44,45,46)/b7-5+,11-9+,15-13+/t31?,32-,35-,36?,37?,38+/m1/s1. The molecule has 1 rings (SSSR count). The lowest BCUT2D eigenvalue weighted by atomic mass is 10.00. The van der Waals surface area contributed by atoms with Crippen molar-refractivity contribution in [3.05, 3.63) is 36.5 Å². The zero-order valence-corrected chi connectivity index (χ0v) is 31.8. The Morgan fingerprint density at radius 3 is 1.82 bits per heavy atom. The van der Waals surface area contributed by atoms with E-state index in [0.717, 1.165) is 57.8 Å². The van der Waals surface area contributed by atoms with E-state index < -0.39 is 71.2 Å². The van der Waals surface area contributed by atoms with E-state index in [9.17, 15) is 37.9 Å². The highest BCUT2D eigenvalue weighted by atomic mass is 32.2. The predicted octanol–water partition coefficient (Wildman–Crippen LogP) is 6.27. The van der Waals surface area contributed by atoms with Crippen molar-refractivity contribution < 1.29 is 56.8 Å². The second-order valence-electron chi connectivity index (χ2n) is 13.3. The molecule has 0 aliphatic carbocycles. The number of ether oxygens (including phenoxy) is 4. The smallest absolute Gasteiger partial charge is 0.306 e. The molecule has 51 heavy (non-hydrogen) atoms. The lowest BCUT2D eigenvalue weighted by Gasteiger charge is -2.40. The Hall–Kier alpha value is -2.13. The molecule has 0 aromatic rings. The predicted molar refractivity (Wildman–Crippen MR) is 196 cm³/mol. The second kappa shape index (κ2) is 29.3. The minimum Gasteiger partial charge on any atom is -0.462 e. The van der Waals surface area contributed by atoms with Gasteiger partial charge >= 0.3 is 11.9 Å². The summed E-state index contributed by atoms with van der Waals surface area (Å²) in [6, 6.07) is 0. The van der Waals surface area contributed by atoms with E-state index in [1.807, 2.05) is 24.3 Å².